The lowest BCUT2D eigenvalue weighted by Gasteiger charge is -2.39. The molecule has 0 aliphatic carbocycles. The molecule has 16 nitrogen and oxygen atoms in total. The fourth-order valence-corrected chi connectivity index (χ4v) is 6.39. The first kappa shape index (κ1) is 34.3. The zero-order chi connectivity index (χ0) is 35.6. The molecule has 0 spiro atoms. The van der Waals surface area contributed by atoms with E-state index in [0.717, 1.165) is 29.0 Å². The van der Waals surface area contributed by atoms with Crippen LogP contribution < -0.4 is 32.6 Å². The van der Waals surface area contributed by atoms with Gasteiger partial charge >= 0.3 is 11.9 Å². The van der Waals surface area contributed by atoms with Crippen LogP contribution in [0.1, 0.15) is 41.6 Å². The minimum absolute atomic E-state index is 0.159. The number of nitrogens with one attached hydrogen (secondary N) is 2. The van der Waals surface area contributed by atoms with E-state index in [-0.39, 0.29) is 45.7 Å². The average Bonchev–Trinajstić information content (AvgIpc) is 3.42. The number of piperidine rings is 1. The van der Waals surface area contributed by atoms with Gasteiger partial charge in [0.25, 0.3) is 11.5 Å². The van der Waals surface area contributed by atoms with E-state index in [4.69, 9.17) is 30.9 Å². The Morgan fingerprint density at radius 3 is 2.64 bits per heavy atom. The highest BCUT2D eigenvalue weighted by molar-refractivity contribution is 7.99. The van der Waals surface area contributed by atoms with Crippen molar-refractivity contribution in [2.45, 2.75) is 43.2 Å². The van der Waals surface area contributed by atoms with Gasteiger partial charge in [-0.25, -0.2) is 19.6 Å². The van der Waals surface area contributed by atoms with E-state index in [1.807, 2.05) is 0 Å². The third kappa shape index (κ3) is 7.37. The molecule has 0 saturated carbocycles. The van der Waals surface area contributed by atoms with Gasteiger partial charge in [-0.05, 0) is 49.4 Å². The van der Waals surface area contributed by atoms with Crippen LogP contribution in [0, 0.1) is 12.3 Å². The number of aromatic hydroxyl groups is 1. The predicted octanol–water partition coefficient (Wildman–Crippen LogP) is 4.22. The van der Waals surface area contributed by atoms with Gasteiger partial charge in [-0.15, -0.1) is 0 Å². The molecular weight excluding hydrogens is 692 g/mol. The number of aromatic nitrogens is 4. The molecule has 18 heteroatoms. The highest BCUT2D eigenvalue weighted by Gasteiger charge is 2.32. The Labute approximate surface area is 292 Å². The zero-order valence-electron chi connectivity index (χ0n) is 26.8. The van der Waals surface area contributed by atoms with Crippen LogP contribution in [0.4, 0.5) is 22.1 Å². The quantitative estimate of drug-likeness (QED) is 0.167. The van der Waals surface area contributed by atoms with Crippen LogP contribution in [-0.2, 0) is 11.3 Å². The zero-order valence-corrected chi connectivity index (χ0v) is 28.3. The maximum absolute atomic E-state index is 13.1. The summed E-state index contributed by atoms with van der Waals surface area (Å²) in [6, 6.07) is 9.71. The molecule has 1 aliphatic heterocycles. The first-order chi connectivity index (χ1) is 23.9. The van der Waals surface area contributed by atoms with Crippen molar-refractivity contribution < 1.29 is 28.3 Å². The molecule has 1 aromatic carbocycles. The van der Waals surface area contributed by atoms with Crippen LogP contribution in [0.15, 0.2) is 77.1 Å². The number of alkyl carbamates (subject to hydrolysis) is 1. The number of rotatable bonds is 9. The van der Waals surface area contributed by atoms with Gasteiger partial charge in [0.2, 0.25) is 5.88 Å². The van der Waals surface area contributed by atoms with E-state index in [2.05, 4.69) is 37.4 Å². The molecule has 1 fully saturated rings. The number of aryl methyl sites for hydroxylation is 1. The van der Waals surface area contributed by atoms with Crippen molar-refractivity contribution in [3.8, 4) is 5.88 Å². The number of nitrogens with two attached hydrogens (primary N) is 1. The molecule has 6 rings (SSSR count). The minimum atomic E-state index is -0.879. The van der Waals surface area contributed by atoms with E-state index in [9.17, 15) is 24.3 Å². The minimum Gasteiger partial charge on any atom is -0.493 e. The topological polar surface area (TPSA) is 220 Å². The number of amides is 2. The third-order valence-electron chi connectivity index (χ3n) is 8.24. The maximum atomic E-state index is 13.1. The number of hydrogen-bond acceptors (Lipinski definition) is 14. The first-order valence-corrected chi connectivity index (χ1v) is 16.5. The molecular formula is C32H31ClN8O8S. The first-order valence-electron chi connectivity index (χ1n) is 15.3. The second-order valence-corrected chi connectivity index (χ2v) is 13.2. The van der Waals surface area contributed by atoms with Crippen molar-refractivity contribution in [3.05, 3.63) is 91.9 Å². The summed E-state index contributed by atoms with van der Waals surface area (Å²) in [7, 11) is 0. The Balaban J connectivity index is 1.05. The molecule has 0 radical (unpaired) electrons. The summed E-state index contributed by atoms with van der Waals surface area (Å²) < 4.78 is 15.9. The average molecular weight is 723 g/mol. The van der Waals surface area contributed by atoms with Crippen LogP contribution in [-0.4, -0.2) is 56.1 Å². The highest BCUT2D eigenvalue weighted by atomic mass is 35.5. The summed E-state index contributed by atoms with van der Waals surface area (Å²) >= 11 is 7.80. The van der Waals surface area contributed by atoms with Gasteiger partial charge in [0.15, 0.2) is 29.5 Å². The molecule has 2 amide bonds. The number of ether oxygens (including phenoxy) is 1. The lowest BCUT2D eigenvalue weighted by atomic mass is 9.80. The standard InChI is InChI=1S/C32H31ClN8O8S/c1-17-19(49-31(46)48-17)15-47-30(45)36-16-32(2)9-12-40(13-10-32)22-14-35-28(25(34)38-22)50-20-7-5-6-18(24(20)33)37-26(42)23-27(43)39-21-8-3-4-11-41(21)29(23)44/h3-8,11,14,43H,9-10,12-13,15-16H2,1-2H3,(H2,34,38)(H,36,45)(H,37,42). The van der Waals surface area contributed by atoms with Crippen LogP contribution in [0.5, 0.6) is 5.88 Å². The van der Waals surface area contributed by atoms with Gasteiger partial charge in [0, 0.05) is 30.7 Å². The number of carbonyl (C=O) groups is 2. The number of pyridine rings is 1. The number of nitrogens with zero attached hydrogens (tertiary/aromatic N) is 5. The van der Waals surface area contributed by atoms with Crippen molar-refractivity contribution in [2.75, 3.05) is 35.6 Å². The Bertz CT molecular complexity index is 2210. The molecule has 5 aromatic rings. The SMILES string of the molecule is Cc1oc(=O)oc1COC(=O)NCC1(C)CCN(c2cnc(Sc3cccc(NC(=O)c4c(O)nc5ccccn5c4=O)c3Cl)c(N)n2)CC1. The Hall–Kier alpha value is -5.55. The van der Waals surface area contributed by atoms with E-state index in [0.29, 0.717) is 35.4 Å². The van der Waals surface area contributed by atoms with Gasteiger partial charge in [0.1, 0.15) is 16.5 Å². The number of nitrogen functional groups attached to an aromatic ring is 1. The summed E-state index contributed by atoms with van der Waals surface area (Å²) in [6.07, 6.45) is 3.92. The molecule has 1 saturated heterocycles. The molecule has 0 atom stereocenters. The number of carbonyl (C=O) groups excluding carboxylic acids is 2. The normalized spacial score (nSPS) is 14.0. The smallest absolute Gasteiger partial charge is 0.493 e. The second-order valence-electron chi connectivity index (χ2n) is 11.8. The fourth-order valence-electron chi connectivity index (χ4n) is 5.29. The molecule has 50 heavy (non-hydrogen) atoms. The summed E-state index contributed by atoms with van der Waals surface area (Å²) in [5, 5.41) is 16.3. The number of anilines is 3. The maximum Gasteiger partial charge on any atom is 0.519 e. The van der Waals surface area contributed by atoms with Crippen LogP contribution in [0.2, 0.25) is 5.02 Å². The van der Waals surface area contributed by atoms with Gasteiger partial charge in [-0.3, -0.25) is 14.0 Å². The summed E-state index contributed by atoms with van der Waals surface area (Å²) in [6.45, 7) is 5.08. The fraction of sp³-hybridized carbons (Fsp3) is 0.281. The van der Waals surface area contributed by atoms with Crippen molar-refractivity contribution in [2.24, 2.45) is 5.41 Å². The van der Waals surface area contributed by atoms with Gasteiger partial charge in [0.05, 0.1) is 16.9 Å². The number of hydrogen-bond donors (Lipinski definition) is 4. The second kappa shape index (κ2) is 14.1. The van der Waals surface area contributed by atoms with E-state index < -0.39 is 34.8 Å². The van der Waals surface area contributed by atoms with Crippen LogP contribution in [0.3, 0.4) is 0 Å². The number of benzene rings is 1. The Morgan fingerprint density at radius 2 is 1.92 bits per heavy atom. The number of halogens is 1. The summed E-state index contributed by atoms with van der Waals surface area (Å²) in [5.41, 5.74) is 5.24. The molecule has 1 aliphatic rings. The molecule has 0 unspecified atom stereocenters. The molecule has 5 N–H and O–H groups in total. The van der Waals surface area contributed by atoms with Crippen molar-refractivity contribution in [3.63, 3.8) is 0 Å². The van der Waals surface area contributed by atoms with Crippen LogP contribution >= 0.6 is 23.4 Å². The van der Waals surface area contributed by atoms with Gasteiger partial charge in [-0.2, -0.15) is 4.98 Å². The molecule has 5 heterocycles. The molecule has 4 aromatic heterocycles. The highest BCUT2D eigenvalue weighted by Crippen LogP contribution is 2.39. The lowest BCUT2D eigenvalue weighted by molar-refractivity contribution is 0.102. The van der Waals surface area contributed by atoms with Gasteiger partial charge in [-0.1, -0.05) is 42.4 Å². The van der Waals surface area contributed by atoms with Crippen molar-refractivity contribution in [1.82, 2.24) is 24.7 Å². The van der Waals surface area contributed by atoms with Gasteiger partial charge < -0.3 is 39.9 Å². The summed E-state index contributed by atoms with van der Waals surface area (Å²) in [4.78, 5) is 65.0. The third-order valence-corrected chi connectivity index (χ3v) is 9.82. The molecule has 0 bridgehead atoms. The van der Waals surface area contributed by atoms with Crippen molar-refractivity contribution in [1.29, 1.82) is 0 Å². The monoisotopic (exact) mass is 722 g/mol. The van der Waals surface area contributed by atoms with E-state index in [1.165, 1.54) is 12.3 Å². The van der Waals surface area contributed by atoms with E-state index >= 15 is 0 Å². The largest absolute Gasteiger partial charge is 0.519 e. The lowest BCUT2D eigenvalue weighted by Crippen LogP contribution is -2.45. The van der Waals surface area contributed by atoms with E-state index in [1.54, 1.807) is 43.5 Å². The number of fused-ring (bicyclic) bond motifs is 1. The van der Waals surface area contributed by atoms with Crippen molar-refractivity contribution >= 4 is 58.3 Å². The summed E-state index contributed by atoms with van der Waals surface area (Å²) in [5.74, 6) is -1.23. The predicted molar refractivity (Wildman–Crippen MR) is 183 cm³/mol. The molecule has 260 valence electrons. The Morgan fingerprint density at radius 1 is 1.14 bits per heavy atom. The Kier molecular flexibility index (Phi) is 9.70. The van der Waals surface area contributed by atoms with Crippen LogP contribution in [0.25, 0.3) is 5.65 Å².